The zero-order chi connectivity index (χ0) is 7.72. The van der Waals surface area contributed by atoms with Gasteiger partial charge in [-0.2, -0.15) is 5.26 Å². The number of rotatable bonds is 0. The Bertz CT molecular complexity index is 295. The van der Waals surface area contributed by atoms with E-state index in [-0.39, 0.29) is 0 Å². The molecular formula is C6H6IN3. The Labute approximate surface area is 72.8 Å². The minimum atomic E-state index is 0.514. The minimum absolute atomic E-state index is 0.514. The monoisotopic (exact) mass is 247 g/mol. The number of hydrogen-bond acceptors (Lipinski definition) is 2. The van der Waals surface area contributed by atoms with E-state index < -0.39 is 0 Å². The summed E-state index contributed by atoms with van der Waals surface area (Å²) in [6, 6.07) is 2.02. The Hall–Kier alpha value is -0.570. The van der Waals surface area contributed by atoms with E-state index in [1.54, 1.807) is 0 Å². The molecule has 0 N–H and O–H groups in total. The van der Waals surface area contributed by atoms with Crippen LogP contribution in [0.5, 0.6) is 0 Å². The molecule has 1 aromatic rings. The van der Waals surface area contributed by atoms with Crippen LogP contribution in [-0.4, -0.2) is 9.55 Å². The van der Waals surface area contributed by atoms with Gasteiger partial charge < -0.3 is 4.57 Å². The molecule has 0 aliphatic rings. The Morgan fingerprint density at radius 3 is 2.50 bits per heavy atom. The lowest BCUT2D eigenvalue weighted by atomic mass is 10.5. The van der Waals surface area contributed by atoms with Crippen molar-refractivity contribution in [2.24, 2.45) is 7.05 Å². The van der Waals surface area contributed by atoms with Gasteiger partial charge in [-0.05, 0) is 29.5 Å². The molecule has 1 rings (SSSR count). The first-order valence-electron chi connectivity index (χ1n) is 2.75. The van der Waals surface area contributed by atoms with Gasteiger partial charge in [0, 0.05) is 7.05 Å². The third-order valence-corrected chi connectivity index (χ3v) is 2.59. The zero-order valence-corrected chi connectivity index (χ0v) is 7.88. The van der Waals surface area contributed by atoms with E-state index in [1.807, 2.05) is 24.6 Å². The predicted octanol–water partition coefficient (Wildman–Crippen LogP) is 1.20. The fraction of sp³-hybridized carbons (Fsp3) is 0.333. The first-order valence-corrected chi connectivity index (χ1v) is 3.83. The smallest absolute Gasteiger partial charge is 0.172 e. The normalized spacial score (nSPS) is 9.40. The number of halogens is 1. The molecule has 0 radical (unpaired) electrons. The SMILES string of the molecule is Cc1nc(C#N)c(I)n1C. The molecule has 0 aliphatic heterocycles. The fourth-order valence-corrected chi connectivity index (χ4v) is 1.25. The molecule has 52 valence electrons. The Morgan fingerprint density at radius 2 is 2.30 bits per heavy atom. The second kappa shape index (κ2) is 2.58. The lowest BCUT2D eigenvalue weighted by molar-refractivity contribution is 0.837. The highest BCUT2D eigenvalue weighted by Crippen LogP contribution is 2.10. The molecule has 0 spiro atoms. The van der Waals surface area contributed by atoms with Crippen LogP contribution in [0.3, 0.4) is 0 Å². The van der Waals surface area contributed by atoms with Gasteiger partial charge in [-0.3, -0.25) is 0 Å². The van der Waals surface area contributed by atoms with Crippen molar-refractivity contribution >= 4 is 22.6 Å². The number of nitriles is 1. The van der Waals surface area contributed by atoms with Crippen molar-refractivity contribution in [1.29, 1.82) is 5.26 Å². The first kappa shape index (κ1) is 7.54. The molecule has 1 heterocycles. The van der Waals surface area contributed by atoms with Crippen molar-refractivity contribution in [2.75, 3.05) is 0 Å². The molecule has 0 bridgehead atoms. The standard InChI is InChI=1S/C6H6IN3/c1-4-9-5(3-8)6(7)10(4)2/h1-2H3. The molecule has 0 aliphatic carbocycles. The first-order chi connectivity index (χ1) is 4.66. The average molecular weight is 247 g/mol. The van der Waals surface area contributed by atoms with Crippen molar-refractivity contribution < 1.29 is 0 Å². The minimum Gasteiger partial charge on any atom is -0.326 e. The maximum Gasteiger partial charge on any atom is 0.172 e. The van der Waals surface area contributed by atoms with E-state index in [1.165, 1.54) is 0 Å². The lowest BCUT2D eigenvalue weighted by Gasteiger charge is -1.92. The molecule has 0 amide bonds. The summed E-state index contributed by atoms with van der Waals surface area (Å²) in [6.45, 7) is 1.88. The van der Waals surface area contributed by atoms with Gasteiger partial charge in [0.15, 0.2) is 5.69 Å². The number of aromatic nitrogens is 2. The van der Waals surface area contributed by atoms with Crippen molar-refractivity contribution in [3.8, 4) is 6.07 Å². The Kier molecular flexibility index (Phi) is 1.94. The van der Waals surface area contributed by atoms with E-state index in [0.29, 0.717) is 5.69 Å². The second-order valence-corrected chi connectivity index (χ2v) is 2.99. The van der Waals surface area contributed by atoms with E-state index in [4.69, 9.17) is 5.26 Å². The average Bonchev–Trinajstić information content (AvgIpc) is 2.17. The second-order valence-electron chi connectivity index (χ2n) is 1.97. The number of hydrogen-bond donors (Lipinski definition) is 0. The quantitative estimate of drug-likeness (QED) is 0.646. The van der Waals surface area contributed by atoms with Crippen molar-refractivity contribution in [1.82, 2.24) is 9.55 Å². The Morgan fingerprint density at radius 1 is 1.70 bits per heavy atom. The summed E-state index contributed by atoms with van der Waals surface area (Å²) < 4.78 is 2.79. The molecule has 0 fully saturated rings. The summed E-state index contributed by atoms with van der Waals surface area (Å²) >= 11 is 2.10. The van der Waals surface area contributed by atoms with Crippen LogP contribution in [0.2, 0.25) is 0 Å². The van der Waals surface area contributed by atoms with Crippen LogP contribution in [0.25, 0.3) is 0 Å². The molecule has 0 saturated carbocycles. The molecule has 3 nitrogen and oxygen atoms in total. The number of nitrogens with zero attached hydrogens (tertiary/aromatic N) is 3. The summed E-state index contributed by atoms with van der Waals surface area (Å²) in [5, 5.41) is 8.53. The maximum absolute atomic E-state index is 8.53. The lowest BCUT2D eigenvalue weighted by Crippen LogP contribution is -1.92. The van der Waals surface area contributed by atoms with Gasteiger partial charge in [0.25, 0.3) is 0 Å². The largest absolute Gasteiger partial charge is 0.326 e. The molecule has 0 aromatic carbocycles. The highest BCUT2D eigenvalue weighted by atomic mass is 127. The van der Waals surface area contributed by atoms with Crippen LogP contribution < -0.4 is 0 Å². The van der Waals surface area contributed by atoms with Crippen LogP contribution in [0.15, 0.2) is 0 Å². The highest BCUT2D eigenvalue weighted by Gasteiger charge is 2.06. The van der Waals surface area contributed by atoms with Gasteiger partial charge in [-0.25, -0.2) is 4.98 Å². The Balaban J connectivity index is 3.34. The van der Waals surface area contributed by atoms with Gasteiger partial charge in [-0.15, -0.1) is 0 Å². The molecule has 4 heteroatoms. The predicted molar refractivity (Wildman–Crippen MR) is 45.4 cm³/mol. The van der Waals surface area contributed by atoms with Gasteiger partial charge in [0.05, 0.1) is 0 Å². The summed E-state index contributed by atoms with van der Waals surface area (Å²) in [5.74, 6) is 0.876. The number of imidazole rings is 1. The van der Waals surface area contributed by atoms with Crippen molar-refractivity contribution in [2.45, 2.75) is 6.92 Å². The summed E-state index contributed by atoms with van der Waals surface area (Å²) in [5.41, 5.74) is 0.514. The summed E-state index contributed by atoms with van der Waals surface area (Å²) in [4.78, 5) is 4.02. The van der Waals surface area contributed by atoms with Gasteiger partial charge in [-0.1, -0.05) is 0 Å². The van der Waals surface area contributed by atoms with Crippen LogP contribution in [0, 0.1) is 22.0 Å². The van der Waals surface area contributed by atoms with Crippen LogP contribution in [0.1, 0.15) is 11.5 Å². The van der Waals surface area contributed by atoms with Gasteiger partial charge >= 0.3 is 0 Å². The molecule has 10 heavy (non-hydrogen) atoms. The third-order valence-electron chi connectivity index (χ3n) is 1.35. The van der Waals surface area contributed by atoms with E-state index >= 15 is 0 Å². The van der Waals surface area contributed by atoms with E-state index in [0.717, 1.165) is 9.53 Å². The molecular weight excluding hydrogens is 241 g/mol. The van der Waals surface area contributed by atoms with Crippen LogP contribution in [-0.2, 0) is 7.05 Å². The van der Waals surface area contributed by atoms with Crippen molar-refractivity contribution in [3.63, 3.8) is 0 Å². The zero-order valence-electron chi connectivity index (χ0n) is 5.72. The molecule has 1 aromatic heterocycles. The maximum atomic E-state index is 8.53. The summed E-state index contributed by atoms with van der Waals surface area (Å²) in [7, 11) is 1.89. The topological polar surface area (TPSA) is 41.6 Å². The van der Waals surface area contributed by atoms with Gasteiger partial charge in [0.2, 0.25) is 0 Å². The van der Waals surface area contributed by atoms with Gasteiger partial charge in [0.1, 0.15) is 15.6 Å². The molecule has 0 saturated heterocycles. The summed E-state index contributed by atoms with van der Waals surface area (Å²) in [6.07, 6.45) is 0. The van der Waals surface area contributed by atoms with E-state index in [2.05, 4.69) is 27.6 Å². The highest BCUT2D eigenvalue weighted by molar-refractivity contribution is 14.1. The van der Waals surface area contributed by atoms with Crippen LogP contribution >= 0.6 is 22.6 Å². The van der Waals surface area contributed by atoms with Crippen molar-refractivity contribution in [3.05, 3.63) is 15.2 Å². The number of aryl methyl sites for hydroxylation is 1. The third kappa shape index (κ3) is 1.01. The fourth-order valence-electron chi connectivity index (χ4n) is 0.655. The van der Waals surface area contributed by atoms with E-state index in [9.17, 15) is 0 Å². The molecule has 0 atom stereocenters. The van der Waals surface area contributed by atoms with Crippen LogP contribution in [0.4, 0.5) is 0 Å². The molecule has 0 unspecified atom stereocenters.